The van der Waals surface area contributed by atoms with E-state index >= 15 is 0 Å². The first kappa shape index (κ1) is 18.5. The van der Waals surface area contributed by atoms with E-state index in [0.717, 1.165) is 29.3 Å². The van der Waals surface area contributed by atoms with Gasteiger partial charge >= 0.3 is 0 Å². The van der Waals surface area contributed by atoms with E-state index in [1.54, 1.807) is 14.2 Å². The average Bonchev–Trinajstić information content (AvgIpc) is 2.66. The Morgan fingerprint density at radius 3 is 2.81 bits per heavy atom. The topological polar surface area (TPSA) is 50.8 Å². The molecule has 138 valence electrons. The van der Waals surface area contributed by atoms with Crippen LogP contribution in [-0.2, 0) is 11.3 Å². The molecule has 1 aliphatic heterocycles. The maximum atomic E-state index is 12.5. The molecule has 3 rings (SSSR count). The van der Waals surface area contributed by atoms with Gasteiger partial charge in [-0.15, -0.1) is 11.8 Å². The maximum Gasteiger partial charge on any atom is 0.239 e. The molecular formula is C20H24N2O3S. The number of hydrogen-bond donors (Lipinski definition) is 1. The van der Waals surface area contributed by atoms with Crippen LogP contribution in [0.4, 0.5) is 5.69 Å². The van der Waals surface area contributed by atoms with Crippen molar-refractivity contribution in [3.63, 3.8) is 0 Å². The highest BCUT2D eigenvalue weighted by molar-refractivity contribution is 8.00. The van der Waals surface area contributed by atoms with Gasteiger partial charge in [0.05, 0.1) is 26.5 Å². The first-order valence-electron chi connectivity index (χ1n) is 8.59. The molecular weight excluding hydrogens is 348 g/mol. The van der Waals surface area contributed by atoms with E-state index in [-0.39, 0.29) is 5.91 Å². The molecule has 1 aliphatic rings. The van der Waals surface area contributed by atoms with Crippen LogP contribution in [0.15, 0.2) is 47.4 Å². The van der Waals surface area contributed by atoms with Crippen LogP contribution >= 0.6 is 11.8 Å². The number of ether oxygens (including phenoxy) is 2. The van der Waals surface area contributed by atoms with E-state index in [1.165, 1.54) is 4.90 Å². The largest absolute Gasteiger partial charge is 0.497 e. The van der Waals surface area contributed by atoms with Gasteiger partial charge in [0.2, 0.25) is 5.91 Å². The van der Waals surface area contributed by atoms with Crippen molar-refractivity contribution >= 4 is 23.4 Å². The predicted octanol–water partition coefficient (Wildman–Crippen LogP) is 3.32. The third kappa shape index (κ3) is 4.25. The number of rotatable bonds is 6. The lowest BCUT2D eigenvalue weighted by Crippen LogP contribution is -2.41. The molecule has 1 unspecified atom stereocenters. The zero-order valence-electron chi connectivity index (χ0n) is 15.3. The lowest BCUT2D eigenvalue weighted by atomic mass is 10.2. The van der Waals surface area contributed by atoms with Gasteiger partial charge in [0.1, 0.15) is 11.5 Å². The molecule has 0 saturated carbocycles. The number of anilines is 1. The van der Waals surface area contributed by atoms with Gasteiger partial charge in [-0.05, 0) is 30.3 Å². The number of carbonyl (C=O) groups excluding carboxylic acids is 1. The highest BCUT2D eigenvalue weighted by atomic mass is 32.2. The van der Waals surface area contributed by atoms with Gasteiger partial charge in [-0.25, -0.2) is 0 Å². The molecule has 2 aromatic carbocycles. The fourth-order valence-electron chi connectivity index (χ4n) is 3.07. The molecule has 0 saturated heterocycles. The molecule has 26 heavy (non-hydrogen) atoms. The second-order valence-corrected chi connectivity index (χ2v) is 7.71. The summed E-state index contributed by atoms with van der Waals surface area (Å²) in [5, 5.41) is 3.45. The number of nitrogens with zero attached hydrogens (tertiary/aromatic N) is 1. The summed E-state index contributed by atoms with van der Waals surface area (Å²) in [7, 11) is 3.24. The molecule has 0 fully saturated rings. The van der Waals surface area contributed by atoms with Crippen molar-refractivity contribution in [3.8, 4) is 11.5 Å². The summed E-state index contributed by atoms with van der Waals surface area (Å²) in [6, 6.07) is 13.8. The minimum atomic E-state index is -0.0104. The van der Waals surface area contributed by atoms with Crippen molar-refractivity contribution < 1.29 is 14.3 Å². The molecule has 6 heteroatoms. The Labute approximate surface area is 158 Å². The standard InChI is InChI=1S/C20H24N2O3S/c1-14-12-22(17-6-4-5-7-19(17)26-14)13-20(23)21-11-15-10-16(24-2)8-9-18(15)25-3/h4-10,14H,11-13H2,1-3H3,(H,21,23). The third-order valence-electron chi connectivity index (χ3n) is 4.31. The smallest absolute Gasteiger partial charge is 0.239 e. The Bertz CT molecular complexity index is 781. The monoisotopic (exact) mass is 372 g/mol. The number of hydrogen-bond acceptors (Lipinski definition) is 5. The molecule has 2 aromatic rings. The highest BCUT2D eigenvalue weighted by Crippen LogP contribution is 2.37. The summed E-state index contributed by atoms with van der Waals surface area (Å²) in [5.41, 5.74) is 2.02. The number of nitrogens with one attached hydrogen (secondary N) is 1. The Hall–Kier alpha value is -2.34. The van der Waals surface area contributed by atoms with Gasteiger partial charge in [-0.2, -0.15) is 0 Å². The van der Waals surface area contributed by atoms with Crippen LogP contribution in [0.5, 0.6) is 11.5 Å². The SMILES string of the molecule is COc1ccc(OC)c(CNC(=O)CN2CC(C)Sc3ccccc32)c1. The fourth-order valence-corrected chi connectivity index (χ4v) is 4.24. The van der Waals surface area contributed by atoms with E-state index in [2.05, 4.69) is 29.3 Å². The minimum Gasteiger partial charge on any atom is -0.497 e. The molecule has 1 N–H and O–H groups in total. The van der Waals surface area contributed by atoms with Crippen LogP contribution in [0.2, 0.25) is 0 Å². The van der Waals surface area contributed by atoms with Crippen molar-refractivity contribution in [2.24, 2.45) is 0 Å². The lowest BCUT2D eigenvalue weighted by Gasteiger charge is -2.33. The Morgan fingerprint density at radius 2 is 2.04 bits per heavy atom. The van der Waals surface area contributed by atoms with E-state index in [1.807, 2.05) is 42.1 Å². The minimum absolute atomic E-state index is 0.0104. The second-order valence-electron chi connectivity index (χ2n) is 6.23. The number of carbonyl (C=O) groups is 1. The van der Waals surface area contributed by atoms with Crippen molar-refractivity contribution in [1.29, 1.82) is 0 Å². The molecule has 1 atom stereocenters. The quantitative estimate of drug-likeness (QED) is 0.843. The Kier molecular flexibility index (Phi) is 5.93. The average molecular weight is 372 g/mol. The number of para-hydroxylation sites is 1. The van der Waals surface area contributed by atoms with Crippen molar-refractivity contribution in [1.82, 2.24) is 5.32 Å². The normalized spacial score (nSPS) is 16.0. The van der Waals surface area contributed by atoms with E-state index < -0.39 is 0 Å². The first-order valence-corrected chi connectivity index (χ1v) is 9.47. The van der Waals surface area contributed by atoms with Crippen LogP contribution in [0.3, 0.4) is 0 Å². The molecule has 0 bridgehead atoms. The maximum absolute atomic E-state index is 12.5. The summed E-state index contributed by atoms with van der Waals surface area (Å²) in [6.45, 7) is 3.79. The van der Waals surface area contributed by atoms with Crippen LogP contribution in [-0.4, -0.2) is 38.5 Å². The summed E-state index contributed by atoms with van der Waals surface area (Å²) >= 11 is 1.86. The van der Waals surface area contributed by atoms with Gasteiger partial charge in [0.25, 0.3) is 0 Å². The number of benzene rings is 2. The molecule has 1 amide bonds. The van der Waals surface area contributed by atoms with Crippen LogP contribution in [0.1, 0.15) is 12.5 Å². The van der Waals surface area contributed by atoms with E-state index in [0.29, 0.717) is 18.3 Å². The summed E-state index contributed by atoms with van der Waals surface area (Å²) in [6.07, 6.45) is 0. The van der Waals surface area contributed by atoms with E-state index in [4.69, 9.17) is 9.47 Å². The van der Waals surface area contributed by atoms with Crippen molar-refractivity contribution in [2.75, 3.05) is 32.2 Å². The van der Waals surface area contributed by atoms with Gasteiger partial charge in [-0.1, -0.05) is 19.1 Å². The molecule has 0 aromatic heterocycles. The number of fused-ring (bicyclic) bond motifs is 1. The lowest BCUT2D eigenvalue weighted by molar-refractivity contribution is -0.119. The molecule has 0 radical (unpaired) electrons. The van der Waals surface area contributed by atoms with Gasteiger partial charge < -0.3 is 19.7 Å². The second kappa shape index (κ2) is 8.36. The van der Waals surface area contributed by atoms with Crippen LogP contribution < -0.4 is 19.7 Å². The van der Waals surface area contributed by atoms with Crippen LogP contribution in [0.25, 0.3) is 0 Å². The number of methoxy groups -OCH3 is 2. The number of amides is 1. The predicted molar refractivity (Wildman–Crippen MR) is 105 cm³/mol. The molecule has 1 heterocycles. The first-order chi connectivity index (χ1) is 12.6. The highest BCUT2D eigenvalue weighted by Gasteiger charge is 2.23. The van der Waals surface area contributed by atoms with Gasteiger partial charge in [0.15, 0.2) is 0 Å². The zero-order chi connectivity index (χ0) is 18.5. The molecule has 5 nitrogen and oxygen atoms in total. The number of thioether (sulfide) groups is 1. The van der Waals surface area contributed by atoms with E-state index in [9.17, 15) is 4.79 Å². The molecule has 0 spiro atoms. The van der Waals surface area contributed by atoms with Crippen LogP contribution in [0, 0.1) is 0 Å². The van der Waals surface area contributed by atoms with Gasteiger partial charge in [0, 0.05) is 28.8 Å². The van der Waals surface area contributed by atoms with Crippen molar-refractivity contribution in [3.05, 3.63) is 48.0 Å². The zero-order valence-corrected chi connectivity index (χ0v) is 16.1. The van der Waals surface area contributed by atoms with Gasteiger partial charge in [-0.3, -0.25) is 4.79 Å². The summed E-state index contributed by atoms with van der Waals surface area (Å²) < 4.78 is 10.6. The Balaban J connectivity index is 1.65. The van der Waals surface area contributed by atoms with Crippen molar-refractivity contribution in [2.45, 2.75) is 23.6 Å². The fraction of sp³-hybridized carbons (Fsp3) is 0.350. The summed E-state index contributed by atoms with van der Waals surface area (Å²) in [4.78, 5) is 15.9. The molecule has 0 aliphatic carbocycles. The third-order valence-corrected chi connectivity index (χ3v) is 5.46. The Morgan fingerprint density at radius 1 is 1.23 bits per heavy atom. The summed E-state index contributed by atoms with van der Waals surface area (Å²) in [5.74, 6) is 1.47.